The lowest BCUT2D eigenvalue weighted by Crippen LogP contribution is -2.30. The van der Waals surface area contributed by atoms with Crippen molar-refractivity contribution in [2.75, 3.05) is 13.2 Å². The first-order chi connectivity index (χ1) is 32.5. The van der Waals surface area contributed by atoms with Crippen LogP contribution in [0.15, 0.2) is 48.6 Å². The quantitative estimate of drug-likeness (QED) is 0.0199. The summed E-state index contributed by atoms with van der Waals surface area (Å²) in [5, 5.41) is 0. The molecule has 0 radical (unpaired) electrons. The summed E-state index contributed by atoms with van der Waals surface area (Å²) in [6.45, 7) is 6.61. The van der Waals surface area contributed by atoms with Gasteiger partial charge in [0.25, 0.3) is 0 Å². The Balaban J connectivity index is 4.37. The first-order valence-electron chi connectivity index (χ1n) is 28.7. The Morgan fingerprint density at radius 1 is 0.303 bits per heavy atom. The molecule has 0 aliphatic carbocycles. The Bertz CT molecular complexity index is 1150. The molecule has 0 saturated carbocycles. The number of hydrogen-bond acceptors (Lipinski definition) is 6. The molecule has 0 fully saturated rings. The molecule has 6 heteroatoms. The number of carbonyl (C=O) groups excluding carboxylic acids is 3. The lowest BCUT2D eigenvalue weighted by atomic mass is 10.0. The van der Waals surface area contributed by atoms with Gasteiger partial charge in [0.1, 0.15) is 13.2 Å². The number of esters is 3. The van der Waals surface area contributed by atoms with Crippen molar-refractivity contribution in [1.82, 2.24) is 0 Å². The number of allylic oxidation sites excluding steroid dienone is 8. The van der Waals surface area contributed by atoms with Gasteiger partial charge in [-0.2, -0.15) is 0 Å². The third-order valence-electron chi connectivity index (χ3n) is 12.6. The maximum Gasteiger partial charge on any atom is 0.306 e. The zero-order valence-electron chi connectivity index (χ0n) is 44.0. The van der Waals surface area contributed by atoms with Gasteiger partial charge >= 0.3 is 17.9 Å². The molecule has 0 spiro atoms. The predicted octanol–water partition coefficient (Wildman–Crippen LogP) is 19.0. The van der Waals surface area contributed by atoms with Crippen LogP contribution in [-0.4, -0.2) is 37.2 Å². The number of ether oxygens (including phenoxy) is 3. The van der Waals surface area contributed by atoms with E-state index in [4.69, 9.17) is 14.2 Å². The summed E-state index contributed by atoms with van der Waals surface area (Å²) in [6, 6.07) is 0. The molecule has 0 N–H and O–H groups in total. The molecule has 0 aromatic rings. The van der Waals surface area contributed by atoms with Crippen LogP contribution in [0.1, 0.15) is 297 Å². The van der Waals surface area contributed by atoms with E-state index in [2.05, 4.69) is 69.4 Å². The van der Waals surface area contributed by atoms with Crippen LogP contribution in [-0.2, 0) is 28.6 Å². The van der Waals surface area contributed by atoms with Crippen molar-refractivity contribution < 1.29 is 28.6 Å². The monoisotopic (exact) mass is 925 g/mol. The maximum absolute atomic E-state index is 12.8. The van der Waals surface area contributed by atoms with E-state index in [1.165, 1.54) is 173 Å². The van der Waals surface area contributed by atoms with Crippen molar-refractivity contribution in [2.45, 2.75) is 303 Å². The minimum absolute atomic E-state index is 0.0816. The first-order valence-corrected chi connectivity index (χ1v) is 28.7. The third kappa shape index (κ3) is 52.3. The second-order valence-corrected chi connectivity index (χ2v) is 19.3. The van der Waals surface area contributed by atoms with Crippen LogP contribution in [0, 0.1) is 0 Å². The van der Waals surface area contributed by atoms with Crippen LogP contribution in [0.3, 0.4) is 0 Å². The van der Waals surface area contributed by atoms with Crippen molar-refractivity contribution in [3.63, 3.8) is 0 Å². The van der Waals surface area contributed by atoms with Crippen molar-refractivity contribution in [1.29, 1.82) is 0 Å². The van der Waals surface area contributed by atoms with Crippen molar-refractivity contribution in [3.05, 3.63) is 48.6 Å². The zero-order valence-corrected chi connectivity index (χ0v) is 44.0. The van der Waals surface area contributed by atoms with Gasteiger partial charge in [-0.1, -0.05) is 256 Å². The van der Waals surface area contributed by atoms with Crippen LogP contribution < -0.4 is 0 Å². The van der Waals surface area contributed by atoms with E-state index in [-0.39, 0.29) is 31.1 Å². The van der Waals surface area contributed by atoms with E-state index in [1.54, 1.807) is 0 Å². The predicted molar refractivity (Wildman–Crippen MR) is 284 cm³/mol. The molecule has 0 heterocycles. The van der Waals surface area contributed by atoms with Crippen LogP contribution in [0.2, 0.25) is 0 Å². The number of carbonyl (C=O) groups is 3. The zero-order chi connectivity index (χ0) is 47.9. The molecule has 0 bridgehead atoms. The Morgan fingerprint density at radius 2 is 0.561 bits per heavy atom. The molecule has 0 aliphatic heterocycles. The van der Waals surface area contributed by atoms with Crippen molar-refractivity contribution >= 4 is 17.9 Å². The highest BCUT2D eigenvalue weighted by Crippen LogP contribution is 2.16. The highest BCUT2D eigenvalue weighted by Gasteiger charge is 2.19. The van der Waals surface area contributed by atoms with E-state index >= 15 is 0 Å². The molecule has 0 aromatic heterocycles. The second kappa shape index (κ2) is 55.0. The van der Waals surface area contributed by atoms with E-state index < -0.39 is 6.10 Å². The van der Waals surface area contributed by atoms with Gasteiger partial charge in [-0.25, -0.2) is 0 Å². The fourth-order valence-corrected chi connectivity index (χ4v) is 8.26. The van der Waals surface area contributed by atoms with Gasteiger partial charge in [0.15, 0.2) is 6.10 Å². The Kier molecular flexibility index (Phi) is 52.8. The fourth-order valence-electron chi connectivity index (χ4n) is 8.26. The number of unbranched alkanes of at least 4 members (excludes halogenated alkanes) is 35. The topological polar surface area (TPSA) is 78.9 Å². The highest BCUT2D eigenvalue weighted by atomic mass is 16.6. The number of rotatable bonds is 52. The third-order valence-corrected chi connectivity index (χ3v) is 12.6. The lowest BCUT2D eigenvalue weighted by molar-refractivity contribution is -0.167. The normalized spacial score (nSPS) is 12.3. The summed E-state index contributed by atoms with van der Waals surface area (Å²) in [6.07, 6.45) is 66.7. The van der Waals surface area contributed by atoms with E-state index in [9.17, 15) is 14.4 Å². The van der Waals surface area contributed by atoms with Gasteiger partial charge in [0, 0.05) is 19.3 Å². The maximum atomic E-state index is 12.8. The van der Waals surface area contributed by atoms with Gasteiger partial charge in [-0.05, 0) is 70.6 Å². The largest absolute Gasteiger partial charge is 0.462 e. The van der Waals surface area contributed by atoms with E-state index in [1.807, 2.05) is 0 Å². The van der Waals surface area contributed by atoms with Crippen molar-refractivity contribution in [2.24, 2.45) is 0 Å². The van der Waals surface area contributed by atoms with Gasteiger partial charge in [-0.15, -0.1) is 0 Å². The minimum Gasteiger partial charge on any atom is -0.462 e. The molecule has 384 valence electrons. The SMILES string of the molecule is CCCCC/C=C\CCCCCCCC(=O)OCC(COC(=O)CCCCCCC\C=C/C=C\C=C/CCCCCCC)OC(=O)CCCCCCCCCCCCCCCCCCCC. The summed E-state index contributed by atoms with van der Waals surface area (Å²) in [5.41, 5.74) is 0. The summed E-state index contributed by atoms with van der Waals surface area (Å²) in [5.74, 6) is -0.896. The van der Waals surface area contributed by atoms with Crippen LogP contribution in [0.5, 0.6) is 0 Å². The van der Waals surface area contributed by atoms with Crippen molar-refractivity contribution in [3.8, 4) is 0 Å². The second-order valence-electron chi connectivity index (χ2n) is 19.3. The van der Waals surface area contributed by atoms with Crippen LogP contribution >= 0.6 is 0 Å². The smallest absolute Gasteiger partial charge is 0.306 e. The van der Waals surface area contributed by atoms with Gasteiger partial charge in [-0.3, -0.25) is 14.4 Å². The van der Waals surface area contributed by atoms with Gasteiger partial charge in [0.2, 0.25) is 0 Å². The Hall–Kier alpha value is -2.63. The number of hydrogen-bond donors (Lipinski definition) is 0. The average Bonchev–Trinajstić information content (AvgIpc) is 3.31. The standard InChI is InChI=1S/C60H108O6/c1-4-7-10-13-16-19-22-25-27-29-31-33-35-38-41-44-47-50-53-59(62)65-56-57(55-64-58(61)52-49-46-43-40-37-24-21-18-15-12-9-6-3)66-60(63)54-51-48-45-42-39-36-34-32-30-28-26-23-20-17-14-11-8-5-2/h18,21-22,25,27,29,31,33,57H,4-17,19-20,23-24,26,28,30,32,34-56H2,1-3H3/b21-18-,25-22-,29-27-,33-31-. The molecule has 0 saturated heterocycles. The lowest BCUT2D eigenvalue weighted by Gasteiger charge is -2.18. The van der Waals surface area contributed by atoms with E-state index in [0.717, 1.165) is 83.5 Å². The molecular weight excluding hydrogens is 817 g/mol. The first kappa shape index (κ1) is 63.4. The van der Waals surface area contributed by atoms with Gasteiger partial charge < -0.3 is 14.2 Å². The average molecular weight is 926 g/mol. The van der Waals surface area contributed by atoms with E-state index in [0.29, 0.717) is 19.3 Å². The molecule has 66 heavy (non-hydrogen) atoms. The molecule has 0 aromatic carbocycles. The summed E-state index contributed by atoms with van der Waals surface area (Å²) < 4.78 is 16.8. The van der Waals surface area contributed by atoms with Crippen LogP contribution in [0.4, 0.5) is 0 Å². The molecule has 6 nitrogen and oxygen atoms in total. The molecule has 1 atom stereocenters. The molecule has 0 rings (SSSR count). The Labute approximate surface area is 409 Å². The molecule has 0 amide bonds. The highest BCUT2D eigenvalue weighted by molar-refractivity contribution is 5.71. The summed E-state index contributed by atoms with van der Waals surface area (Å²) in [7, 11) is 0. The molecule has 1 unspecified atom stereocenters. The Morgan fingerprint density at radius 3 is 0.909 bits per heavy atom. The molecular formula is C60H108O6. The summed E-state index contributed by atoms with van der Waals surface area (Å²) in [4.78, 5) is 38.1. The van der Waals surface area contributed by atoms with Gasteiger partial charge in [0.05, 0.1) is 0 Å². The molecule has 0 aliphatic rings. The van der Waals surface area contributed by atoms with Crippen LogP contribution in [0.25, 0.3) is 0 Å². The fraction of sp³-hybridized carbons (Fsp3) is 0.817. The minimum atomic E-state index is -0.782. The summed E-state index contributed by atoms with van der Waals surface area (Å²) >= 11 is 0.